The second-order valence-corrected chi connectivity index (χ2v) is 7.16. The molecule has 1 aliphatic rings. The van der Waals surface area contributed by atoms with E-state index in [1.54, 1.807) is 6.20 Å². The standard InChI is InChI=1S/C15H21BrN6O2.ClH/c1-9(2)13-14-19-11(16)7-21(14)15(24)22(20-13)8-12(23)18-10-4-3-5-17-6-10;/h7,9-10,17H,3-6,8H2,1-2H3,(H,18,23);1H/t10-;/m1./s1. The average molecular weight is 434 g/mol. The Hall–Kier alpha value is -1.45. The number of piperidine rings is 1. The summed E-state index contributed by atoms with van der Waals surface area (Å²) in [4.78, 5) is 29.1. The number of imidazole rings is 1. The van der Waals surface area contributed by atoms with Crippen LogP contribution in [0.3, 0.4) is 0 Å². The first-order chi connectivity index (χ1) is 11.5. The van der Waals surface area contributed by atoms with Gasteiger partial charge in [-0.2, -0.15) is 5.10 Å². The third kappa shape index (κ3) is 4.39. The molecule has 3 rings (SSSR count). The van der Waals surface area contributed by atoms with Gasteiger partial charge in [0.25, 0.3) is 0 Å². The molecule has 1 atom stereocenters. The van der Waals surface area contributed by atoms with E-state index in [0.29, 0.717) is 15.9 Å². The van der Waals surface area contributed by atoms with Crippen molar-refractivity contribution in [3.8, 4) is 0 Å². The topological polar surface area (TPSA) is 93.3 Å². The largest absolute Gasteiger partial charge is 0.350 e. The fourth-order valence-corrected chi connectivity index (χ4v) is 3.25. The zero-order chi connectivity index (χ0) is 17.3. The molecule has 1 amide bonds. The molecular weight excluding hydrogens is 412 g/mol. The quantitative estimate of drug-likeness (QED) is 0.752. The highest BCUT2D eigenvalue weighted by molar-refractivity contribution is 9.10. The van der Waals surface area contributed by atoms with Gasteiger partial charge >= 0.3 is 5.69 Å². The van der Waals surface area contributed by atoms with E-state index < -0.39 is 0 Å². The number of nitrogens with one attached hydrogen (secondary N) is 2. The normalized spacial score (nSPS) is 17.5. The van der Waals surface area contributed by atoms with Crippen molar-refractivity contribution >= 4 is 39.9 Å². The molecule has 2 aromatic heterocycles. The van der Waals surface area contributed by atoms with E-state index in [0.717, 1.165) is 25.9 Å². The Morgan fingerprint density at radius 2 is 2.28 bits per heavy atom. The molecule has 0 spiro atoms. The fourth-order valence-electron chi connectivity index (χ4n) is 2.88. The summed E-state index contributed by atoms with van der Waals surface area (Å²) in [5.41, 5.74) is 0.840. The van der Waals surface area contributed by atoms with Crippen LogP contribution in [0.5, 0.6) is 0 Å². The number of rotatable bonds is 4. The lowest BCUT2D eigenvalue weighted by Crippen LogP contribution is -2.47. The first kappa shape index (κ1) is 19.9. The molecule has 0 aromatic carbocycles. The summed E-state index contributed by atoms with van der Waals surface area (Å²) in [6.07, 6.45) is 3.59. The van der Waals surface area contributed by atoms with Gasteiger partial charge in [0.05, 0.1) is 0 Å². The molecule has 10 heteroatoms. The van der Waals surface area contributed by atoms with E-state index in [-0.39, 0.29) is 42.5 Å². The summed E-state index contributed by atoms with van der Waals surface area (Å²) in [5.74, 6) is -0.120. The Labute approximate surface area is 159 Å². The lowest BCUT2D eigenvalue weighted by molar-refractivity contribution is -0.122. The summed E-state index contributed by atoms with van der Waals surface area (Å²) >= 11 is 3.29. The van der Waals surface area contributed by atoms with E-state index in [4.69, 9.17) is 0 Å². The van der Waals surface area contributed by atoms with Crippen molar-refractivity contribution in [3.63, 3.8) is 0 Å². The van der Waals surface area contributed by atoms with Crippen LogP contribution in [0.1, 0.15) is 38.3 Å². The van der Waals surface area contributed by atoms with Crippen molar-refractivity contribution in [3.05, 3.63) is 27.0 Å². The lowest BCUT2D eigenvalue weighted by atomic mass is 10.1. The number of carbonyl (C=O) groups excluding carboxylic acids is 1. The van der Waals surface area contributed by atoms with Gasteiger partial charge in [0.15, 0.2) is 5.65 Å². The second-order valence-electron chi connectivity index (χ2n) is 6.35. The van der Waals surface area contributed by atoms with Crippen molar-refractivity contribution in [1.82, 2.24) is 29.8 Å². The fraction of sp³-hybridized carbons (Fsp3) is 0.600. The smallest absolute Gasteiger partial charge is 0.350 e. The number of hydrogen-bond acceptors (Lipinski definition) is 5. The minimum Gasteiger partial charge on any atom is -0.350 e. The number of nitrogens with zero attached hydrogens (tertiary/aromatic N) is 4. The third-order valence-corrected chi connectivity index (χ3v) is 4.45. The number of hydrogen-bond donors (Lipinski definition) is 2. The zero-order valence-corrected chi connectivity index (χ0v) is 16.6. The Morgan fingerprint density at radius 3 is 2.92 bits per heavy atom. The number of aromatic nitrogens is 4. The van der Waals surface area contributed by atoms with Crippen molar-refractivity contribution < 1.29 is 4.79 Å². The SMILES string of the molecule is CC(C)c1nn(CC(=O)N[C@@H]2CCCNC2)c(=O)n2cc(Br)nc12.Cl. The van der Waals surface area contributed by atoms with Gasteiger partial charge in [-0.1, -0.05) is 13.8 Å². The molecule has 2 N–H and O–H groups in total. The van der Waals surface area contributed by atoms with Gasteiger partial charge < -0.3 is 10.6 Å². The maximum absolute atomic E-state index is 12.6. The molecule has 0 radical (unpaired) electrons. The van der Waals surface area contributed by atoms with E-state index in [1.807, 2.05) is 13.8 Å². The van der Waals surface area contributed by atoms with E-state index in [9.17, 15) is 9.59 Å². The highest BCUT2D eigenvalue weighted by atomic mass is 79.9. The number of fused-ring (bicyclic) bond motifs is 1. The van der Waals surface area contributed by atoms with Gasteiger partial charge in [0.2, 0.25) is 5.91 Å². The summed E-state index contributed by atoms with van der Waals surface area (Å²) in [6, 6.07) is 0.109. The van der Waals surface area contributed by atoms with Crippen LogP contribution in [0.4, 0.5) is 0 Å². The van der Waals surface area contributed by atoms with E-state index in [1.165, 1.54) is 9.08 Å². The highest BCUT2D eigenvalue weighted by Crippen LogP contribution is 2.18. The van der Waals surface area contributed by atoms with Gasteiger partial charge in [-0.15, -0.1) is 12.4 Å². The molecule has 25 heavy (non-hydrogen) atoms. The molecule has 8 nitrogen and oxygen atoms in total. The highest BCUT2D eigenvalue weighted by Gasteiger charge is 2.19. The van der Waals surface area contributed by atoms with Crippen molar-refractivity contribution in [2.75, 3.05) is 13.1 Å². The molecule has 2 aromatic rings. The predicted octanol–water partition coefficient (Wildman–Crippen LogP) is 1.07. The number of halogens is 2. The molecule has 0 aliphatic carbocycles. The number of carbonyl (C=O) groups is 1. The van der Waals surface area contributed by atoms with Crippen LogP contribution in [-0.4, -0.2) is 44.2 Å². The number of amides is 1. The maximum Gasteiger partial charge on any atom is 0.350 e. The van der Waals surface area contributed by atoms with E-state index >= 15 is 0 Å². The molecule has 0 bridgehead atoms. The van der Waals surface area contributed by atoms with Gasteiger partial charge in [0, 0.05) is 24.7 Å². The van der Waals surface area contributed by atoms with Crippen molar-refractivity contribution in [1.29, 1.82) is 0 Å². The molecular formula is C15H22BrClN6O2. The maximum atomic E-state index is 12.6. The molecule has 1 aliphatic heterocycles. The van der Waals surface area contributed by atoms with Crippen LogP contribution in [0.15, 0.2) is 15.6 Å². The average Bonchev–Trinajstić information content (AvgIpc) is 2.92. The Morgan fingerprint density at radius 1 is 1.52 bits per heavy atom. The van der Waals surface area contributed by atoms with Crippen LogP contribution in [-0.2, 0) is 11.3 Å². The summed E-state index contributed by atoms with van der Waals surface area (Å²) in [7, 11) is 0. The van der Waals surface area contributed by atoms with Crippen LogP contribution in [0, 0.1) is 0 Å². The van der Waals surface area contributed by atoms with Crippen LogP contribution in [0.2, 0.25) is 0 Å². The summed E-state index contributed by atoms with van der Waals surface area (Å²) < 4.78 is 3.21. The Balaban J connectivity index is 0.00000225. The first-order valence-electron chi connectivity index (χ1n) is 8.11. The second kappa shape index (κ2) is 8.29. The van der Waals surface area contributed by atoms with Crippen molar-refractivity contribution in [2.45, 2.75) is 45.2 Å². The lowest BCUT2D eigenvalue weighted by Gasteiger charge is -2.23. The Kier molecular flexibility index (Phi) is 6.59. The molecule has 1 fully saturated rings. The van der Waals surface area contributed by atoms with Gasteiger partial charge in [-0.25, -0.2) is 18.9 Å². The molecule has 0 unspecified atom stereocenters. The molecule has 3 heterocycles. The van der Waals surface area contributed by atoms with Crippen LogP contribution in [0.25, 0.3) is 5.65 Å². The Bertz CT molecular complexity index is 812. The minimum atomic E-state index is -0.371. The van der Waals surface area contributed by atoms with Crippen molar-refractivity contribution in [2.24, 2.45) is 0 Å². The third-order valence-electron chi connectivity index (χ3n) is 4.06. The van der Waals surface area contributed by atoms with Crippen LogP contribution >= 0.6 is 28.3 Å². The molecule has 138 valence electrons. The monoisotopic (exact) mass is 432 g/mol. The first-order valence-corrected chi connectivity index (χ1v) is 8.90. The van der Waals surface area contributed by atoms with E-state index in [2.05, 4.69) is 36.6 Å². The molecule has 1 saturated heterocycles. The predicted molar refractivity (Wildman–Crippen MR) is 100 cm³/mol. The van der Waals surface area contributed by atoms with Gasteiger partial charge in [-0.05, 0) is 35.3 Å². The molecule has 0 saturated carbocycles. The van der Waals surface area contributed by atoms with Gasteiger partial charge in [-0.3, -0.25) is 4.79 Å². The summed E-state index contributed by atoms with van der Waals surface area (Å²) in [6.45, 7) is 5.61. The van der Waals surface area contributed by atoms with Gasteiger partial charge in [0.1, 0.15) is 16.8 Å². The summed E-state index contributed by atoms with van der Waals surface area (Å²) in [5, 5.41) is 10.6. The zero-order valence-electron chi connectivity index (χ0n) is 14.2. The minimum absolute atomic E-state index is 0. The van der Waals surface area contributed by atoms with Crippen LogP contribution < -0.4 is 16.3 Å².